The molecule has 0 aliphatic carbocycles. The molecule has 2 amide bonds. The van der Waals surface area contributed by atoms with Crippen LogP contribution in [0.5, 0.6) is 0 Å². The number of hydrogen-bond acceptors (Lipinski definition) is 3. The monoisotopic (exact) mass is 292 g/mol. The van der Waals surface area contributed by atoms with Gasteiger partial charge in [-0.15, -0.1) is 0 Å². The van der Waals surface area contributed by atoms with E-state index >= 15 is 0 Å². The second-order valence-corrected chi connectivity index (χ2v) is 5.64. The predicted molar refractivity (Wildman–Crippen MR) is 88.7 cm³/mol. The third-order valence-electron chi connectivity index (χ3n) is 3.52. The summed E-state index contributed by atoms with van der Waals surface area (Å²) in [4.78, 5) is 16.0. The molecule has 0 aromatic heterocycles. The molecule has 0 spiro atoms. The molecule has 0 radical (unpaired) electrons. The van der Waals surface area contributed by atoms with Crippen LogP contribution in [0.3, 0.4) is 0 Å². The summed E-state index contributed by atoms with van der Waals surface area (Å²) in [6.07, 6.45) is 0.966. The fourth-order valence-electron chi connectivity index (χ4n) is 2.00. The van der Waals surface area contributed by atoms with E-state index in [9.17, 15) is 4.79 Å². The summed E-state index contributed by atoms with van der Waals surface area (Å²) in [6.45, 7) is 3.82. The van der Waals surface area contributed by atoms with Crippen molar-refractivity contribution in [2.24, 2.45) is 0 Å². The molecule has 0 saturated carbocycles. The molecule has 0 bridgehead atoms. The highest BCUT2D eigenvalue weighted by molar-refractivity contribution is 5.89. The Labute approximate surface area is 128 Å². The Hall–Kier alpha value is -1.59. The molecule has 1 aromatic rings. The number of anilines is 1. The number of amides is 2. The lowest BCUT2D eigenvalue weighted by atomic mass is 10.1. The number of rotatable bonds is 7. The maximum absolute atomic E-state index is 12.1. The third kappa shape index (κ3) is 6.14. The van der Waals surface area contributed by atoms with Crippen molar-refractivity contribution in [3.05, 3.63) is 29.8 Å². The van der Waals surface area contributed by atoms with Crippen molar-refractivity contribution in [3.63, 3.8) is 0 Å². The summed E-state index contributed by atoms with van der Waals surface area (Å²) < 4.78 is 0. The van der Waals surface area contributed by atoms with E-state index in [0.717, 1.165) is 30.8 Å². The van der Waals surface area contributed by atoms with E-state index in [2.05, 4.69) is 28.5 Å². The largest absolute Gasteiger partial charge is 0.328 e. The van der Waals surface area contributed by atoms with Gasteiger partial charge in [-0.3, -0.25) is 0 Å². The van der Waals surface area contributed by atoms with Crippen molar-refractivity contribution in [2.45, 2.75) is 19.4 Å². The van der Waals surface area contributed by atoms with Gasteiger partial charge >= 0.3 is 6.03 Å². The maximum Gasteiger partial charge on any atom is 0.321 e. The van der Waals surface area contributed by atoms with Crippen molar-refractivity contribution >= 4 is 11.7 Å². The average molecular weight is 292 g/mol. The first kappa shape index (κ1) is 17.5. The molecule has 1 atom stereocenters. The number of urea groups is 1. The van der Waals surface area contributed by atoms with Gasteiger partial charge in [0.25, 0.3) is 0 Å². The molecule has 1 aromatic carbocycles. The molecule has 5 nitrogen and oxygen atoms in total. The lowest BCUT2D eigenvalue weighted by Crippen LogP contribution is -2.33. The molecule has 0 heterocycles. The third-order valence-corrected chi connectivity index (χ3v) is 3.52. The van der Waals surface area contributed by atoms with Crippen LogP contribution in [-0.2, 0) is 0 Å². The van der Waals surface area contributed by atoms with E-state index in [-0.39, 0.29) is 12.1 Å². The van der Waals surface area contributed by atoms with E-state index in [1.165, 1.54) is 0 Å². The van der Waals surface area contributed by atoms with Crippen LogP contribution in [0.1, 0.15) is 24.9 Å². The zero-order chi connectivity index (χ0) is 15.8. The van der Waals surface area contributed by atoms with Crippen LogP contribution in [0.4, 0.5) is 10.5 Å². The number of nitrogens with one attached hydrogen (secondary N) is 2. The maximum atomic E-state index is 12.1. The van der Waals surface area contributed by atoms with Gasteiger partial charge in [-0.2, -0.15) is 0 Å². The Kier molecular flexibility index (Phi) is 7.19. The van der Waals surface area contributed by atoms with E-state index in [4.69, 9.17) is 0 Å². The molecule has 5 heteroatoms. The molecule has 0 aliphatic rings. The molecule has 21 heavy (non-hydrogen) atoms. The lowest BCUT2D eigenvalue weighted by Gasteiger charge is -2.20. The van der Waals surface area contributed by atoms with E-state index in [1.54, 1.807) is 4.90 Å². The van der Waals surface area contributed by atoms with Crippen LogP contribution in [0.2, 0.25) is 0 Å². The minimum Gasteiger partial charge on any atom is -0.328 e. The molecular weight excluding hydrogens is 264 g/mol. The van der Waals surface area contributed by atoms with Crippen molar-refractivity contribution in [3.8, 4) is 0 Å². The quantitative estimate of drug-likeness (QED) is 0.811. The molecule has 118 valence electrons. The zero-order valence-electron chi connectivity index (χ0n) is 13.8. The summed E-state index contributed by atoms with van der Waals surface area (Å²) in [5.41, 5.74) is 1.99. The van der Waals surface area contributed by atoms with Crippen LogP contribution in [-0.4, -0.2) is 57.1 Å². The van der Waals surface area contributed by atoms with Gasteiger partial charge in [-0.25, -0.2) is 4.79 Å². The van der Waals surface area contributed by atoms with Crippen LogP contribution >= 0.6 is 0 Å². The minimum atomic E-state index is -0.0667. The first-order valence-corrected chi connectivity index (χ1v) is 7.38. The lowest BCUT2D eigenvalue weighted by molar-refractivity contribution is 0.220. The number of carbonyl (C=O) groups excluding carboxylic acids is 1. The normalized spacial score (nSPS) is 12.3. The number of carbonyl (C=O) groups is 1. The van der Waals surface area contributed by atoms with E-state index in [0.29, 0.717) is 0 Å². The molecule has 0 saturated heterocycles. The topological polar surface area (TPSA) is 47.6 Å². The highest BCUT2D eigenvalue weighted by Crippen LogP contribution is 2.17. The Morgan fingerprint density at radius 2 is 1.95 bits per heavy atom. The zero-order valence-corrected chi connectivity index (χ0v) is 13.8. The van der Waals surface area contributed by atoms with Gasteiger partial charge in [0, 0.05) is 25.3 Å². The molecular formula is C16H28N4O. The first-order valence-electron chi connectivity index (χ1n) is 7.38. The Morgan fingerprint density at radius 1 is 1.24 bits per heavy atom. The van der Waals surface area contributed by atoms with Gasteiger partial charge in [0.15, 0.2) is 0 Å². The van der Waals surface area contributed by atoms with E-state index < -0.39 is 0 Å². The summed E-state index contributed by atoms with van der Waals surface area (Å²) in [7, 11) is 7.82. The standard InChI is InChI=1S/C16H28N4O/c1-13(17-2)14-8-6-9-15(12-14)18-16(21)20(5)11-7-10-19(3)4/h6,8-9,12-13,17H,7,10-11H2,1-5H3,(H,18,21). The van der Waals surface area contributed by atoms with Crippen molar-refractivity contribution < 1.29 is 4.79 Å². The number of nitrogens with zero attached hydrogens (tertiary/aromatic N) is 2. The molecule has 1 unspecified atom stereocenters. The second-order valence-electron chi connectivity index (χ2n) is 5.64. The van der Waals surface area contributed by atoms with Gasteiger partial charge in [-0.05, 0) is 58.7 Å². The van der Waals surface area contributed by atoms with Crippen LogP contribution in [0.15, 0.2) is 24.3 Å². The summed E-state index contributed by atoms with van der Waals surface area (Å²) in [5.74, 6) is 0. The van der Waals surface area contributed by atoms with Gasteiger partial charge in [0.05, 0.1) is 0 Å². The SMILES string of the molecule is CNC(C)c1cccc(NC(=O)N(C)CCCN(C)C)c1. The minimum absolute atomic E-state index is 0.0667. The Morgan fingerprint density at radius 3 is 2.57 bits per heavy atom. The number of benzene rings is 1. The van der Waals surface area contributed by atoms with E-state index in [1.807, 2.05) is 46.4 Å². The second kappa shape index (κ2) is 8.64. The molecule has 0 fully saturated rings. The van der Waals surface area contributed by atoms with Crippen LogP contribution in [0.25, 0.3) is 0 Å². The van der Waals surface area contributed by atoms with Gasteiger partial charge < -0.3 is 20.4 Å². The van der Waals surface area contributed by atoms with Gasteiger partial charge in [-0.1, -0.05) is 12.1 Å². The summed E-state index contributed by atoms with van der Waals surface area (Å²) in [6, 6.07) is 8.13. The molecule has 2 N–H and O–H groups in total. The molecule has 1 rings (SSSR count). The summed E-state index contributed by atoms with van der Waals surface area (Å²) >= 11 is 0. The van der Waals surface area contributed by atoms with Crippen LogP contribution in [0, 0.1) is 0 Å². The number of hydrogen-bond donors (Lipinski definition) is 2. The summed E-state index contributed by atoms with van der Waals surface area (Å²) in [5, 5.41) is 6.14. The smallest absolute Gasteiger partial charge is 0.321 e. The van der Waals surface area contributed by atoms with Crippen molar-refractivity contribution in [2.75, 3.05) is 46.6 Å². The molecule has 0 aliphatic heterocycles. The Balaban J connectivity index is 2.54. The van der Waals surface area contributed by atoms with Gasteiger partial charge in [0.2, 0.25) is 0 Å². The first-order chi connectivity index (χ1) is 9.93. The van der Waals surface area contributed by atoms with Crippen LogP contribution < -0.4 is 10.6 Å². The van der Waals surface area contributed by atoms with Gasteiger partial charge in [0.1, 0.15) is 0 Å². The predicted octanol–water partition coefficient (Wildman–Crippen LogP) is 2.38. The fourth-order valence-corrected chi connectivity index (χ4v) is 2.00. The highest BCUT2D eigenvalue weighted by Gasteiger charge is 2.10. The Bertz CT molecular complexity index is 448. The average Bonchev–Trinajstić information content (AvgIpc) is 2.46. The van der Waals surface area contributed by atoms with Crippen molar-refractivity contribution in [1.82, 2.24) is 15.1 Å². The highest BCUT2D eigenvalue weighted by atomic mass is 16.2. The fraction of sp³-hybridized carbons (Fsp3) is 0.562. The van der Waals surface area contributed by atoms with Crippen molar-refractivity contribution in [1.29, 1.82) is 0 Å².